The molecule has 8 heteroatoms. The zero-order valence-electron chi connectivity index (χ0n) is 16.4. The number of benzene rings is 2. The third-order valence-corrected chi connectivity index (χ3v) is 6.25. The first-order chi connectivity index (χ1) is 14.5. The monoisotopic (exact) mass is 490 g/mol. The van der Waals surface area contributed by atoms with E-state index in [2.05, 4.69) is 36.5 Å². The van der Waals surface area contributed by atoms with Gasteiger partial charge in [-0.2, -0.15) is 0 Å². The Kier molecular flexibility index (Phi) is 6.61. The van der Waals surface area contributed by atoms with E-state index in [1.54, 1.807) is 6.07 Å². The van der Waals surface area contributed by atoms with Gasteiger partial charge in [0, 0.05) is 15.5 Å². The van der Waals surface area contributed by atoms with Crippen LogP contribution in [0.1, 0.15) is 43.1 Å². The fourth-order valence-corrected chi connectivity index (χ4v) is 4.27. The molecule has 2 aromatic carbocycles. The number of aliphatic hydroxyl groups is 1. The highest BCUT2D eigenvalue weighted by atomic mass is 79.9. The fraction of sp³-hybridized carbons (Fsp3) is 0.364. The van der Waals surface area contributed by atoms with Gasteiger partial charge >= 0.3 is 6.03 Å². The third kappa shape index (κ3) is 5.33. The van der Waals surface area contributed by atoms with Crippen molar-refractivity contribution in [2.45, 2.75) is 50.3 Å². The molecule has 6 nitrogen and oxygen atoms in total. The lowest BCUT2D eigenvalue weighted by Crippen LogP contribution is -2.45. The predicted octanol–water partition coefficient (Wildman–Crippen LogP) is 4.87. The van der Waals surface area contributed by atoms with Crippen LogP contribution in [-0.4, -0.2) is 33.3 Å². The van der Waals surface area contributed by atoms with E-state index in [-0.39, 0.29) is 24.2 Å². The van der Waals surface area contributed by atoms with Crippen molar-refractivity contribution in [3.63, 3.8) is 0 Å². The van der Waals surface area contributed by atoms with Gasteiger partial charge in [-0.25, -0.2) is 9.78 Å². The average molecular weight is 492 g/mol. The molecule has 0 unspecified atom stereocenters. The SMILES string of the molecule is O=C(N[C@H](Cc1ccc(Br)cc1)c1nc2cc(Cl)ccc2[nH]1)N[C@H]1CC[C@H](O)CC1. The number of nitrogens with one attached hydrogen (secondary N) is 3. The Morgan fingerprint density at radius 3 is 2.67 bits per heavy atom. The lowest BCUT2D eigenvalue weighted by atomic mass is 9.93. The molecule has 0 saturated heterocycles. The van der Waals surface area contributed by atoms with Gasteiger partial charge in [-0.3, -0.25) is 0 Å². The molecule has 1 atom stereocenters. The van der Waals surface area contributed by atoms with Gasteiger partial charge in [0.1, 0.15) is 5.82 Å². The number of aromatic amines is 1. The number of imidazole rings is 1. The van der Waals surface area contributed by atoms with Crippen molar-refractivity contribution in [1.82, 2.24) is 20.6 Å². The van der Waals surface area contributed by atoms with Gasteiger partial charge in [-0.1, -0.05) is 39.7 Å². The van der Waals surface area contributed by atoms with E-state index in [9.17, 15) is 9.90 Å². The Labute approximate surface area is 188 Å². The second kappa shape index (κ2) is 9.37. The highest BCUT2D eigenvalue weighted by Crippen LogP contribution is 2.23. The van der Waals surface area contributed by atoms with Crippen LogP contribution in [0.3, 0.4) is 0 Å². The molecule has 0 bridgehead atoms. The van der Waals surface area contributed by atoms with Crippen LogP contribution in [0.4, 0.5) is 4.79 Å². The standard InChI is InChI=1S/C22H24BrClN4O2/c23-14-3-1-13(2-4-14)11-20(21-26-18-10-5-15(24)12-19(18)27-21)28-22(30)25-16-6-8-17(29)9-7-16/h1-5,10,12,16-17,20,29H,6-9,11H2,(H,26,27)(H2,25,28,30)/t16-,17-,20-/m1/s1. The van der Waals surface area contributed by atoms with Crippen LogP contribution in [0, 0.1) is 0 Å². The number of carbonyl (C=O) groups is 1. The molecule has 30 heavy (non-hydrogen) atoms. The smallest absolute Gasteiger partial charge is 0.315 e. The van der Waals surface area contributed by atoms with E-state index < -0.39 is 0 Å². The Hall–Kier alpha value is -2.09. The third-order valence-electron chi connectivity index (χ3n) is 5.48. The maximum Gasteiger partial charge on any atom is 0.315 e. The Morgan fingerprint density at radius 2 is 1.93 bits per heavy atom. The summed E-state index contributed by atoms with van der Waals surface area (Å²) in [7, 11) is 0. The van der Waals surface area contributed by atoms with E-state index >= 15 is 0 Å². The van der Waals surface area contributed by atoms with Crippen LogP contribution >= 0.6 is 27.5 Å². The van der Waals surface area contributed by atoms with E-state index in [0.29, 0.717) is 17.3 Å². The van der Waals surface area contributed by atoms with Crippen molar-refractivity contribution in [3.05, 3.63) is 63.3 Å². The number of amides is 2. The second-order valence-corrected chi connectivity index (χ2v) is 9.14. The minimum Gasteiger partial charge on any atom is -0.393 e. The average Bonchev–Trinajstić information content (AvgIpc) is 3.14. The van der Waals surface area contributed by atoms with E-state index in [1.165, 1.54) is 0 Å². The first-order valence-electron chi connectivity index (χ1n) is 10.1. The van der Waals surface area contributed by atoms with Crippen molar-refractivity contribution in [2.24, 2.45) is 0 Å². The van der Waals surface area contributed by atoms with Crippen molar-refractivity contribution in [1.29, 1.82) is 0 Å². The summed E-state index contributed by atoms with van der Waals surface area (Å²) in [5.41, 5.74) is 2.73. The van der Waals surface area contributed by atoms with Gasteiger partial charge in [-0.15, -0.1) is 0 Å². The summed E-state index contributed by atoms with van der Waals surface area (Å²) in [5, 5.41) is 16.4. The van der Waals surface area contributed by atoms with Crippen molar-refractivity contribution in [3.8, 4) is 0 Å². The predicted molar refractivity (Wildman–Crippen MR) is 122 cm³/mol. The number of H-pyrrole nitrogens is 1. The Bertz CT molecular complexity index is 1020. The number of aromatic nitrogens is 2. The van der Waals surface area contributed by atoms with E-state index in [1.807, 2.05) is 36.4 Å². The fourth-order valence-electron chi connectivity index (χ4n) is 3.84. The number of nitrogens with zero attached hydrogens (tertiary/aromatic N) is 1. The molecule has 1 aliphatic carbocycles. The van der Waals surface area contributed by atoms with Gasteiger partial charge in [0.2, 0.25) is 0 Å². The number of halogens is 2. The minimum absolute atomic E-state index is 0.0798. The maximum absolute atomic E-state index is 12.7. The number of rotatable bonds is 5. The number of carbonyl (C=O) groups excluding carboxylic acids is 1. The van der Waals surface area contributed by atoms with E-state index in [4.69, 9.17) is 11.6 Å². The molecule has 1 aromatic heterocycles. The molecule has 1 heterocycles. The first-order valence-corrected chi connectivity index (χ1v) is 11.3. The van der Waals surface area contributed by atoms with Gasteiger partial charge in [0.05, 0.1) is 23.2 Å². The number of fused-ring (bicyclic) bond motifs is 1. The second-order valence-electron chi connectivity index (χ2n) is 7.79. The molecule has 3 aromatic rings. The van der Waals surface area contributed by atoms with Crippen LogP contribution in [0.5, 0.6) is 0 Å². The molecular weight excluding hydrogens is 468 g/mol. The largest absolute Gasteiger partial charge is 0.393 e. The van der Waals surface area contributed by atoms with Crippen LogP contribution < -0.4 is 10.6 Å². The van der Waals surface area contributed by atoms with Gasteiger partial charge < -0.3 is 20.7 Å². The lowest BCUT2D eigenvalue weighted by molar-refractivity contribution is 0.117. The zero-order chi connectivity index (χ0) is 21.1. The summed E-state index contributed by atoms with van der Waals surface area (Å²) >= 11 is 9.56. The van der Waals surface area contributed by atoms with Crippen molar-refractivity contribution in [2.75, 3.05) is 0 Å². The molecular formula is C22H24BrClN4O2. The molecule has 2 amide bonds. The van der Waals surface area contributed by atoms with Crippen LogP contribution in [0.15, 0.2) is 46.9 Å². The molecule has 158 valence electrons. The highest BCUT2D eigenvalue weighted by Gasteiger charge is 2.24. The Balaban J connectivity index is 1.52. The maximum atomic E-state index is 12.7. The topological polar surface area (TPSA) is 90.0 Å². The quantitative estimate of drug-likeness (QED) is 0.411. The zero-order valence-corrected chi connectivity index (χ0v) is 18.7. The number of urea groups is 1. The highest BCUT2D eigenvalue weighted by molar-refractivity contribution is 9.10. The molecule has 4 rings (SSSR count). The number of aliphatic hydroxyl groups excluding tert-OH is 1. The summed E-state index contributed by atoms with van der Waals surface area (Å²) in [6.07, 6.45) is 3.36. The minimum atomic E-state index is -0.327. The Morgan fingerprint density at radius 1 is 1.20 bits per heavy atom. The summed E-state index contributed by atoms with van der Waals surface area (Å²) < 4.78 is 1.01. The van der Waals surface area contributed by atoms with Gasteiger partial charge in [0.25, 0.3) is 0 Å². The van der Waals surface area contributed by atoms with Crippen molar-refractivity contribution >= 4 is 44.6 Å². The summed E-state index contributed by atoms with van der Waals surface area (Å²) in [5.74, 6) is 0.685. The van der Waals surface area contributed by atoms with Gasteiger partial charge in [-0.05, 0) is 68.0 Å². The lowest BCUT2D eigenvalue weighted by Gasteiger charge is -2.27. The van der Waals surface area contributed by atoms with E-state index in [0.717, 1.165) is 46.8 Å². The van der Waals surface area contributed by atoms with Crippen LogP contribution in [0.25, 0.3) is 11.0 Å². The van der Waals surface area contributed by atoms with Gasteiger partial charge in [0.15, 0.2) is 0 Å². The molecule has 1 fully saturated rings. The summed E-state index contributed by atoms with van der Waals surface area (Å²) in [6, 6.07) is 13.1. The molecule has 0 radical (unpaired) electrons. The number of hydrogen-bond acceptors (Lipinski definition) is 3. The van der Waals surface area contributed by atoms with Crippen LogP contribution in [-0.2, 0) is 6.42 Å². The summed E-state index contributed by atoms with van der Waals surface area (Å²) in [6.45, 7) is 0. The molecule has 4 N–H and O–H groups in total. The molecule has 0 spiro atoms. The summed E-state index contributed by atoms with van der Waals surface area (Å²) in [4.78, 5) is 20.7. The number of hydrogen-bond donors (Lipinski definition) is 4. The van der Waals surface area contributed by atoms with Crippen LogP contribution in [0.2, 0.25) is 5.02 Å². The molecule has 1 saturated carbocycles. The molecule has 0 aliphatic heterocycles. The van der Waals surface area contributed by atoms with Crippen molar-refractivity contribution < 1.29 is 9.90 Å². The normalized spacial score (nSPS) is 20.1. The first kappa shape index (κ1) is 21.2. The molecule has 1 aliphatic rings.